The van der Waals surface area contributed by atoms with Gasteiger partial charge < -0.3 is 18.0 Å². The van der Waals surface area contributed by atoms with Crippen LogP contribution in [0.1, 0.15) is 13.3 Å². The molecule has 0 aromatic rings. The van der Waals surface area contributed by atoms with Crippen LogP contribution in [0.4, 0.5) is 0 Å². The molecule has 0 rings (SSSR count). The van der Waals surface area contributed by atoms with Gasteiger partial charge in [-0.05, 0) is 6.92 Å². The van der Waals surface area contributed by atoms with E-state index < -0.39 is 20.7 Å². The summed E-state index contributed by atoms with van der Waals surface area (Å²) in [7, 11) is 1.55. The molecule has 0 saturated carbocycles. The molecule has 0 N–H and O–H groups in total. The fourth-order valence-corrected chi connectivity index (χ4v) is 2.68. The predicted molar refractivity (Wildman–Crippen MR) is 72.5 cm³/mol. The summed E-state index contributed by atoms with van der Waals surface area (Å²) in [5, 5.41) is 0. The minimum absolute atomic E-state index is 0. The van der Waals surface area contributed by atoms with E-state index >= 15 is 0 Å². The summed E-state index contributed by atoms with van der Waals surface area (Å²) in [5.41, 5.74) is 0.173. The molecular formula is C10H20O6SSi. The lowest BCUT2D eigenvalue weighted by Crippen LogP contribution is -2.43. The topological polar surface area (TPSA) is 71.1 Å². The van der Waals surface area contributed by atoms with E-state index in [-0.39, 0.29) is 31.5 Å². The third kappa shape index (κ3) is 6.31. The third-order valence-corrected chi connectivity index (χ3v) is 4.85. The molecule has 0 atom stereocenters. The van der Waals surface area contributed by atoms with Crippen molar-refractivity contribution in [3.05, 3.63) is 12.2 Å². The molecule has 6 nitrogen and oxygen atoms in total. The zero-order chi connectivity index (χ0) is 13.5. The number of hydrogen-bond donors (Lipinski definition) is 0. The fraction of sp³-hybridized carbons (Fsp3) is 0.600. The first-order valence-corrected chi connectivity index (χ1v) is 6.90. The highest BCUT2D eigenvalue weighted by Gasteiger charge is 2.38. The van der Waals surface area contributed by atoms with Crippen molar-refractivity contribution in [1.82, 2.24) is 0 Å². The SMILES string of the molecule is C=C(C)C(=O)OC(=O)CC[Si](OC)(OC)OC.S. The standard InChI is InChI=1S/C10H18O6Si.H2S/c1-8(2)10(12)16-9(11)6-7-17(13-3,14-4)15-5;/h1,6-7H2,2-5H3;1H2. The minimum atomic E-state index is -2.79. The van der Waals surface area contributed by atoms with Gasteiger partial charge in [-0.3, -0.25) is 4.79 Å². The third-order valence-electron chi connectivity index (χ3n) is 2.12. The van der Waals surface area contributed by atoms with E-state index in [1.54, 1.807) is 0 Å². The van der Waals surface area contributed by atoms with Gasteiger partial charge in [0.2, 0.25) is 0 Å². The second-order valence-corrected chi connectivity index (χ2v) is 6.43. The maximum absolute atomic E-state index is 11.3. The molecule has 0 amide bonds. The predicted octanol–water partition coefficient (Wildman–Crippen LogP) is 1.01. The minimum Gasteiger partial charge on any atom is -0.390 e. The molecule has 106 valence electrons. The number of rotatable bonds is 7. The smallest absolute Gasteiger partial charge is 0.390 e. The Labute approximate surface area is 115 Å². The van der Waals surface area contributed by atoms with E-state index in [0.717, 1.165) is 0 Å². The summed E-state index contributed by atoms with van der Waals surface area (Å²) in [5.74, 6) is -1.38. The van der Waals surface area contributed by atoms with Gasteiger partial charge in [0.15, 0.2) is 0 Å². The van der Waals surface area contributed by atoms with Crippen molar-refractivity contribution in [1.29, 1.82) is 0 Å². The van der Waals surface area contributed by atoms with Crippen LogP contribution in [0.3, 0.4) is 0 Å². The van der Waals surface area contributed by atoms with E-state index in [0.29, 0.717) is 0 Å². The number of carbonyl (C=O) groups excluding carboxylic acids is 2. The Morgan fingerprint density at radius 1 is 1.11 bits per heavy atom. The highest BCUT2D eigenvalue weighted by atomic mass is 32.1. The van der Waals surface area contributed by atoms with Crippen molar-refractivity contribution in [2.75, 3.05) is 21.3 Å². The number of hydrogen-bond acceptors (Lipinski definition) is 6. The quantitative estimate of drug-likeness (QED) is 0.302. The van der Waals surface area contributed by atoms with E-state index in [1.165, 1.54) is 28.3 Å². The van der Waals surface area contributed by atoms with Crippen LogP contribution in [0.25, 0.3) is 0 Å². The second-order valence-electron chi connectivity index (χ2n) is 3.34. The highest BCUT2D eigenvalue weighted by molar-refractivity contribution is 7.59. The largest absolute Gasteiger partial charge is 0.500 e. The van der Waals surface area contributed by atoms with Crippen LogP contribution in [-0.4, -0.2) is 42.1 Å². The molecule has 0 aliphatic heterocycles. The average Bonchev–Trinajstić information content (AvgIpc) is 2.31. The Morgan fingerprint density at radius 2 is 1.56 bits per heavy atom. The Morgan fingerprint density at radius 3 is 1.89 bits per heavy atom. The normalized spacial score (nSPS) is 10.4. The molecule has 0 saturated heterocycles. The zero-order valence-electron chi connectivity index (χ0n) is 11.1. The Kier molecular flexibility index (Phi) is 10.1. The van der Waals surface area contributed by atoms with Crippen LogP contribution in [0.5, 0.6) is 0 Å². The lowest BCUT2D eigenvalue weighted by atomic mass is 10.4. The Balaban J connectivity index is 0. The number of ether oxygens (including phenoxy) is 1. The van der Waals surface area contributed by atoms with Gasteiger partial charge in [0.05, 0.1) is 6.42 Å². The first-order chi connectivity index (χ1) is 7.90. The molecule has 0 spiro atoms. The van der Waals surface area contributed by atoms with E-state index in [9.17, 15) is 9.59 Å². The van der Waals surface area contributed by atoms with Crippen molar-refractivity contribution in [3.63, 3.8) is 0 Å². The van der Waals surface area contributed by atoms with Crippen LogP contribution >= 0.6 is 13.5 Å². The second kappa shape index (κ2) is 9.28. The lowest BCUT2D eigenvalue weighted by molar-refractivity contribution is -0.156. The average molecular weight is 296 g/mol. The maximum atomic E-state index is 11.3. The Bertz CT molecular complexity index is 294. The van der Waals surface area contributed by atoms with E-state index in [4.69, 9.17) is 13.3 Å². The van der Waals surface area contributed by atoms with Gasteiger partial charge in [0.1, 0.15) is 0 Å². The monoisotopic (exact) mass is 296 g/mol. The molecule has 0 fully saturated rings. The molecule has 8 heteroatoms. The molecule has 0 aromatic heterocycles. The molecule has 0 unspecified atom stereocenters. The summed E-state index contributed by atoms with van der Waals surface area (Å²) >= 11 is 0. The maximum Gasteiger partial charge on any atom is 0.500 e. The van der Waals surface area contributed by atoms with Crippen molar-refractivity contribution >= 4 is 34.2 Å². The van der Waals surface area contributed by atoms with Gasteiger partial charge in [-0.2, -0.15) is 13.5 Å². The summed E-state index contributed by atoms with van der Waals surface area (Å²) in [6, 6.07) is 0.249. The molecule has 0 radical (unpaired) electrons. The first kappa shape index (κ1) is 19.7. The molecule has 0 bridgehead atoms. The summed E-state index contributed by atoms with van der Waals surface area (Å²) in [6.07, 6.45) is -0.0131. The summed E-state index contributed by atoms with van der Waals surface area (Å²) in [6.45, 7) is 4.84. The molecule has 0 aromatic carbocycles. The zero-order valence-corrected chi connectivity index (χ0v) is 13.1. The van der Waals surface area contributed by atoms with Crippen molar-refractivity contribution < 1.29 is 27.6 Å². The van der Waals surface area contributed by atoms with Gasteiger partial charge in [-0.15, -0.1) is 0 Å². The highest BCUT2D eigenvalue weighted by Crippen LogP contribution is 2.15. The van der Waals surface area contributed by atoms with Gasteiger partial charge >= 0.3 is 20.7 Å². The van der Waals surface area contributed by atoms with Crippen LogP contribution in [0, 0.1) is 0 Å². The molecular weight excluding hydrogens is 276 g/mol. The van der Waals surface area contributed by atoms with Gasteiger partial charge in [0.25, 0.3) is 0 Å². The van der Waals surface area contributed by atoms with Crippen LogP contribution < -0.4 is 0 Å². The van der Waals surface area contributed by atoms with Crippen molar-refractivity contribution in [2.24, 2.45) is 0 Å². The van der Waals surface area contributed by atoms with Crippen LogP contribution in [0.15, 0.2) is 12.2 Å². The molecule has 0 aliphatic carbocycles. The van der Waals surface area contributed by atoms with Crippen molar-refractivity contribution in [3.8, 4) is 0 Å². The molecule has 18 heavy (non-hydrogen) atoms. The van der Waals surface area contributed by atoms with Crippen molar-refractivity contribution in [2.45, 2.75) is 19.4 Å². The van der Waals surface area contributed by atoms with E-state index in [2.05, 4.69) is 11.3 Å². The van der Waals surface area contributed by atoms with Crippen LogP contribution in [-0.2, 0) is 27.6 Å². The molecule has 0 aliphatic rings. The lowest BCUT2D eigenvalue weighted by Gasteiger charge is -2.23. The fourth-order valence-electron chi connectivity index (χ4n) is 1.05. The number of esters is 2. The summed E-state index contributed by atoms with van der Waals surface area (Å²) < 4.78 is 19.9. The summed E-state index contributed by atoms with van der Waals surface area (Å²) in [4.78, 5) is 22.4. The first-order valence-electron chi connectivity index (χ1n) is 4.96. The van der Waals surface area contributed by atoms with Crippen LogP contribution in [0.2, 0.25) is 6.04 Å². The molecule has 0 heterocycles. The van der Waals surface area contributed by atoms with Gasteiger partial charge in [-0.25, -0.2) is 4.79 Å². The Hall–Kier alpha value is -0.673. The van der Waals surface area contributed by atoms with E-state index in [1.807, 2.05) is 0 Å². The van der Waals surface area contributed by atoms with Gasteiger partial charge in [0, 0.05) is 32.9 Å². The van der Waals surface area contributed by atoms with Gasteiger partial charge in [-0.1, -0.05) is 6.58 Å². The number of carbonyl (C=O) groups is 2.